The SMILES string of the molecule is COc1cc(/C=C(\C#N)C(N)=O)ccc1OC(=O)COc1ccccc1Cl. The Kier molecular flexibility index (Phi) is 6.80. The van der Waals surface area contributed by atoms with Crippen LogP contribution in [-0.4, -0.2) is 25.6 Å². The zero-order chi connectivity index (χ0) is 19.8. The Morgan fingerprint density at radius 3 is 2.56 bits per heavy atom. The van der Waals surface area contributed by atoms with Crippen LogP contribution in [0.1, 0.15) is 5.56 Å². The summed E-state index contributed by atoms with van der Waals surface area (Å²) in [6, 6.07) is 12.9. The third-order valence-corrected chi connectivity index (χ3v) is 3.60. The lowest BCUT2D eigenvalue weighted by Crippen LogP contribution is -2.18. The van der Waals surface area contributed by atoms with Gasteiger partial charge in [0.05, 0.1) is 12.1 Å². The van der Waals surface area contributed by atoms with Gasteiger partial charge in [-0.1, -0.05) is 29.8 Å². The maximum absolute atomic E-state index is 12.0. The molecule has 0 aromatic heterocycles. The normalized spacial score (nSPS) is 10.6. The first-order chi connectivity index (χ1) is 12.9. The van der Waals surface area contributed by atoms with Gasteiger partial charge in [0.2, 0.25) is 0 Å². The Hall–Kier alpha value is -3.50. The van der Waals surface area contributed by atoms with Gasteiger partial charge < -0.3 is 19.9 Å². The van der Waals surface area contributed by atoms with Crippen LogP contribution in [0.25, 0.3) is 6.08 Å². The summed E-state index contributed by atoms with van der Waals surface area (Å²) in [5.74, 6) is -0.759. The number of para-hydroxylation sites is 1. The summed E-state index contributed by atoms with van der Waals surface area (Å²) in [6.45, 7) is -0.352. The number of rotatable bonds is 7. The number of halogens is 1. The number of nitrogens with zero attached hydrogens (tertiary/aromatic N) is 1. The van der Waals surface area contributed by atoms with E-state index in [1.165, 1.54) is 25.3 Å². The Morgan fingerprint density at radius 1 is 1.19 bits per heavy atom. The molecule has 0 saturated carbocycles. The molecule has 27 heavy (non-hydrogen) atoms. The van der Waals surface area contributed by atoms with E-state index < -0.39 is 11.9 Å². The minimum atomic E-state index is -0.844. The average molecular weight is 387 g/mol. The highest BCUT2D eigenvalue weighted by Crippen LogP contribution is 2.29. The van der Waals surface area contributed by atoms with Crippen molar-refractivity contribution >= 4 is 29.6 Å². The standard InChI is InChI=1S/C19H15ClN2O5/c1-25-17-9-12(8-13(10-21)19(22)24)6-7-16(17)27-18(23)11-26-15-5-3-2-4-14(15)20/h2-9H,11H2,1H3,(H2,22,24)/b13-8+. The topological polar surface area (TPSA) is 112 Å². The largest absolute Gasteiger partial charge is 0.493 e. The second-order valence-corrected chi connectivity index (χ2v) is 5.54. The van der Waals surface area contributed by atoms with Crippen LogP contribution >= 0.6 is 11.6 Å². The molecule has 0 spiro atoms. The molecule has 1 amide bonds. The second kappa shape index (κ2) is 9.27. The van der Waals surface area contributed by atoms with E-state index in [0.717, 1.165) is 0 Å². The number of methoxy groups -OCH3 is 1. The van der Waals surface area contributed by atoms with Gasteiger partial charge in [0.15, 0.2) is 18.1 Å². The summed E-state index contributed by atoms with van der Waals surface area (Å²) >= 11 is 5.95. The molecular formula is C19H15ClN2O5. The molecule has 2 aromatic rings. The Bertz CT molecular complexity index is 934. The van der Waals surface area contributed by atoms with Crippen molar-refractivity contribution in [2.75, 3.05) is 13.7 Å². The van der Waals surface area contributed by atoms with Crippen molar-refractivity contribution in [2.45, 2.75) is 0 Å². The summed E-state index contributed by atoms with van der Waals surface area (Å²) in [4.78, 5) is 23.1. The smallest absolute Gasteiger partial charge is 0.349 e. The summed E-state index contributed by atoms with van der Waals surface area (Å²) in [5.41, 5.74) is 5.37. The fourth-order valence-corrected chi connectivity index (χ4v) is 2.22. The van der Waals surface area contributed by atoms with Crippen LogP contribution in [0, 0.1) is 11.3 Å². The Balaban J connectivity index is 2.10. The number of carbonyl (C=O) groups excluding carboxylic acids is 2. The summed E-state index contributed by atoms with van der Waals surface area (Å²) < 4.78 is 15.7. The number of nitriles is 1. The van der Waals surface area contributed by atoms with E-state index in [9.17, 15) is 9.59 Å². The number of esters is 1. The molecule has 2 aromatic carbocycles. The predicted molar refractivity (Wildman–Crippen MR) is 98.4 cm³/mol. The van der Waals surface area contributed by atoms with E-state index in [2.05, 4.69) is 0 Å². The minimum Gasteiger partial charge on any atom is -0.493 e. The van der Waals surface area contributed by atoms with Crippen LogP contribution in [0.5, 0.6) is 17.2 Å². The molecule has 8 heteroatoms. The lowest BCUT2D eigenvalue weighted by Gasteiger charge is -2.11. The van der Waals surface area contributed by atoms with Gasteiger partial charge in [0.1, 0.15) is 17.4 Å². The van der Waals surface area contributed by atoms with Crippen molar-refractivity contribution in [3.05, 3.63) is 58.6 Å². The molecule has 0 aliphatic rings. The van der Waals surface area contributed by atoms with Crippen molar-refractivity contribution in [3.63, 3.8) is 0 Å². The third kappa shape index (κ3) is 5.49. The highest BCUT2D eigenvalue weighted by atomic mass is 35.5. The summed E-state index contributed by atoms with van der Waals surface area (Å²) in [6.07, 6.45) is 1.30. The number of ether oxygens (including phenoxy) is 3. The fourth-order valence-electron chi connectivity index (χ4n) is 2.03. The van der Waals surface area contributed by atoms with Crippen molar-refractivity contribution in [2.24, 2.45) is 5.73 Å². The molecule has 0 unspecified atom stereocenters. The molecule has 0 aliphatic heterocycles. The molecule has 2 N–H and O–H groups in total. The monoisotopic (exact) mass is 386 g/mol. The molecular weight excluding hydrogens is 372 g/mol. The maximum Gasteiger partial charge on any atom is 0.349 e. The van der Waals surface area contributed by atoms with Crippen molar-refractivity contribution < 1.29 is 23.8 Å². The lowest BCUT2D eigenvalue weighted by atomic mass is 10.1. The average Bonchev–Trinajstić information content (AvgIpc) is 2.66. The molecule has 0 fully saturated rings. The highest BCUT2D eigenvalue weighted by Gasteiger charge is 2.13. The van der Waals surface area contributed by atoms with E-state index in [1.54, 1.807) is 36.4 Å². The molecule has 7 nitrogen and oxygen atoms in total. The molecule has 0 atom stereocenters. The first-order valence-electron chi connectivity index (χ1n) is 7.62. The van der Waals surface area contributed by atoms with Crippen molar-refractivity contribution in [3.8, 4) is 23.3 Å². The van der Waals surface area contributed by atoms with Crippen LogP contribution in [-0.2, 0) is 9.59 Å². The van der Waals surface area contributed by atoms with Crippen LogP contribution in [0.3, 0.4) is 0 Å². The second-order valence-electron chi connectivity index (χ2n) is 5.14. The fraction of sp³-hybridized carbons (Fsp3) is 0.105. The number of nitrogens with two attached hydrogens (primary N) is 1. The van der Waals surface area contributed by atoms with Gasteiger partial charge in [-0.05, 0) is 35.9 Å². The molecule has 0 radical (unpaired) electrons. The number of carbonyl (C=O) groups is 2. The molecule has 0 bridgehead atoms. The first-order valence-corrected chi connectivity index (χ1v) is 8.00. The van der Waals surface area contributed by atoms with E-state index in [-0.39, 0.29) is 23.7 Å². The van der Waals surface area contributed by atoms with Gasteiger partial charge >= 0.3 is 5.97 Å². The van der Waals surface area contributed by atoms with Crippen LogP contribution in [0.4, 0.5) is 0 Å². The Labute approximate surface area is 160 Å². The number of hydrogen-bond donors (Lipinski definition) is 1. The van der Waals surface area contributed by atoms with Gasteiger partial charge in [-0.15, -0.1) is 0 Å². The van der Waals surface area contributed by atoms with E-state index in [4.69, 9.17) is 36.8 Å². The number of benzene rings is 2. The van der Waals surface area contributed by atoms with Crippen LogP contribution in [0.2, 0.25) is 5.02 Å². The molecule has 2 rings (SSSR count). The highest BCUT2D eigenvalue weighted by molar-refractivity contribution is 6.32. The van der Waals surface area contributed by atoms with E-state index in [0.29, 0.717) is 16.3 Å². The first kappa shape index (κ1) is 19.8. The minimum absolute atomic E-state index is 0.153. The number of hydrogen-bond acceptors (Lipinski definition) is 6. The maximum atomic E-state index is 12.0. The van der Waals surface area contributed by atoms with Crippen LogP contribution in [0.15, 0.2) is 48.0 Å². The quantitative estimate of drug-likeness (QED) is 0.339. The van der Waals surface area contributed by atoms with Gasteiger partial charge in [0.25, 0.3) is 5.91 Å². The third-order valence-electron chi connectivity index (χ3n) is 3.29. The zero-order valence-electron chi connectivity index (χ0n) is 14.3. The summed E-state index contributed by atoms with van der Waals surface area (Å²) in [7, 11) is 1.39. The molecule has 0 heterocycles. The van der Waals surface area contributed by atoms with Crippen molar-refractivity contribution in [1.82, 2.24) is 0 Å². The molecule has 0 aliphatic carbocycles. The van der Waals surface area contributed by atoms with Crippen molar-refractivity contribution in [1.29, 1.82) is 5.26 Å². The van der Waals surface area contributed by atoms with Gasteiger partial charge in [-0.25, -0.2) is 4.79 Å². The number of amides is 1. The molecule has 0 saturated heterocycles. The Morgan fingerprint density at radius 2 is 1.93 bits per heavy atom. The van der Waals surface area contributed by atoms with Gasteiger partial charge in [0, 0.05) is 0 Å². The zero-order valence-corrected chi connectivity index (χ0v) is 15.0. The van der Waals surface area contributed by atoms with E-state index in [1.807, 2.05) is 0 Å². The lowest BCUT2D eigenvalue weighted by molar-refractivity contribution is -0.136. The number of primary amides is 1. The predicted octanol–water partition coefficient (Wildman–Crippen LogP) is 2.73. The van der Waals surface area contributed by atoms with Gasteiger partial charge in [-0.3, -0.25) is 4.79 Å². The van der Waals surface area contributed by atoms with E-state index >= 15 is 0 Å². The van der Waals surface area contributed by atoms with Crippen LogP contribution < -0.4 is 19.9 Å². The summed E-state index contributed by atoms with van der Waals surface area (Å²) in [5, 5.41) is 9.26. The van der Waals surface area contributed by atoms with Gasteiger partial charge in [-0.2, -0.15) is 5.26 Å². The molecule has 138 valence electrons.